The van der Waals surface area contributed by atoms with E-state index in [1.54, 1.807) is 18.2 Å². The first-order valence-electron chi connectivity index (χ1n) is 8.68. The van der Waals surface area contributed by atoms with Gasteiger partial charge in [0.1, 0.15) is 5.82 Å². The Morgan fingerprint density at radius 2 is 1.89 bits per heavy atom. The van der Waals surface area contributed by atoms with Crippen molar-refractivity contribution in [1.82, 2.24) is 10.9 Å². The average Bonchev–Trinajstić information content (AvgIpc) is 2.66. The molecule has 7 heteroatoms. The molecule has 0 bridgehead atoms. The maximum atomic E-state index is 13.1. The van der Waals surface area contributed by atoms with Crippen molar-refractivity contribution in [2.24, 2.45) is 0 Å². The fraction of sp³-hybridized carbons (Fsp3) is 0.300. The largest absolute Gasteiger partial charge is 0.493 e. The van der Waals surface area contributed by atoms with Gasteiger partial charge in [0.15, 0.2) is 11.5 Å². The molecule has 2 aromatic carbocycles. The van der Waals surface area contributed by atoms with E-state index in [2.05, 4.69) is 17.8 Å². The Morgan fingerprint density at radius 3 is 2.59 bits per heavy atom. The smallest absolute Gasteiger partial charge is 0.269 e. The molecule has 0 saturated heterocycles. The number of halogens is 1. The molecule has 0 heterocycles. The predicted octanol–water partition coefficient (Wildman–Crippen LogP) is 3.02. The summed E-state index contributed by atoms with van der Waals surface area (Å²) in [6.07, 6.45) is 1.88. The van der Waals surface area contributed by atoms with Gasteiger partial charge < -0.3 is 9.47 Å². The molecule has 0 aliphatic heterocycles. The molecule has 0 aliphatic carbocycles. The molecule has 0 fully saturated rings. The van der Waals surface area contributed by atoms with E-state index >= 15 is 0 Å². The third-order valence-electron chi connectivity index (χ3n) is 3.75. The molecule has 144 valence electrons. The summed E-state index contributed by atoms with van der Waals surface area (Å²) in [7, 11) is 1.49. The highest BCUT2D eigenvalue weighted by Gasteiger charge is 2.12. The Kier molecular flexibility index (Phi) is 7.61. The van der Waals surface area contributed by atoms with Crippen molar-refractivity contribution in [2.45, 2.75) is 26.2 Å². The van der Waals surface area contributed by atoms with Crippen molar-refractivity contribution < 1.29 is 23.5 Å². The van der Waals surface area contributed by atoms with Gasteiger partial charge in [-0.15, -0.1) is 0 Å². The second-order valence-corrected chi connectivity index (χ2v) is 5.88. The van der Waals surface area contributed by atoms with Gasteiger partial charge in [-0.25, -0.2) is 4.39 Å². The van der Waals surface area contributed by atoms with Crippen LogP contribution in [0.1, 0.15) is 35.7 Å². The fourth-order valence-corrected chi connectivity index (χ4v) is 2.33. The molecule has 0 spiro atoms. The number of rotatable bonds is 8. The molecule has 2 rings (SSSR count). The average molecular weight is 374 g/mol. The van der Waals surface area contributed by atoms with Crippen LogP contribution in [0.2, 0.25) is 0 Å². The highest BCUT2D eigenvalue weighted by molar-refractivity contribution is 5.96. The molecule has 27 heavy (non-hydrogen) atoms. The quantitative estimate of drug-likeness (QED) is 0.550. The molecule has 0 unspecified atom stereocenters. The number of hydrogen-bond acceptors (Lipinski definition) is 4. The second-order valence-electron chi connectivity index (χ2n) is 5.88. The van der Waals surface area contributed by atoms with Gasteiger partial charge in [-0.1, -0.05) is 25.5 Å². The first-order valence-corrected chi connectivity index (χ1v) is 8.68. The highest BCUT2D eigenvalue weighted by atomic mass is 19.1. The number of nitrogens with one attached hydrogen (secondary N) is 2. The zero-order valence-corrected chi connectivity index (χ0v) is 15.4. The number of methoxy groups -OCH3 is 1. The lowest BCUT2D eigenvalue weighted by Gasteiger charge is -2.12. The number of carbonyl (C=O) groups is 2. The molecule has 0 aromatic heterocycles. The molecule has 2 N–H and O–H groups in total. The van der Waals surface area contributed by atoms with Crippen LogP contribution in [-0.4, -0.2) is 25.5 Å². The van der Waals surface area contributed by atoms with Gasteiger partial charge in [-0.3, -0.25) is 20.4 Å². The van der Waals surface area contributed by atoms with Gasteiger partial charge in [0, 0.05) is 5.56 Å². The Bertz CT molecular complexity index is 795. The fourth-order valence-electron chi connectivity index (χ4n) is 2.33. The minimum atomic E-state index is -0.499. The van der Waals surface area contributed by atoms with E-state index in [9.17, 15) is 14.0 Å². The van der Waals surface area contributed by atoms with Gasteiger partial charge in [0.2, 0.25) is 5.91 Å². The topological polar surface area (TPSA) is 76.7 Å². The number of hydrazine groups is 1. The lowest BCUT2D eigenvalue weighted by Crippen LogP contribution is -2.42. The van der Waals surface area contributed by atoms with Crippen molar-refractivity contribution in [3.8, 4) is 11.5 Å². The van der Waals surface area contributed by atoms with Gasteiger partial charge in [-0.2, -0.15) is 0 Å². The van der Waals surface area contributed by atoms with Crippen LogP contribution in [-0.2, 0) is 11.2 Å². The summed E-state index contributed by atoms with van der Waals surface area (Å²) >= 11 is 0. The second kappa shape index (κ2) is 10.2. The minimum Gasteiger partial charge on any atom is -0.493 e. The molecule has 2 aromatic rings. The van der Waals surface area contributed by atoms with Crippen LogP contribution in [0, 0.1) is 5.82 Å². The van der Waals surface area contributed by atoms with Gasteiger partial charge in [0.05, 0.1) is 20.1 Å². The number of unbranched alkanes of at least 4 members (excludes halogenated alkanes) is 1. The summed E-state index contributed by atoms with van der Waals surface area (Å²) in [6, 6.07) is 10.5. The molecule has 0 saturated carbocycles. The summed E-state index contributed by atoms with van der Waals surface area (Å²) in [5.41, 5.74) is 5.46. The van der Waals surface area contributed by atoms with Crippen molar-refractivity contribution in [3.05, 3.63) is 59.4 Å². The van der Waals surface area contributed by atoms with Crippen LogP contribution in [0.15, 0.2) is 42.5 Å². The number of carbonyl (C=O) groups excluding carboxylic acids is 2. The maximum absolute atomic E-state index is 13.1. The van der Waals surface area contributed by atoms with E-state index in [0.717, 1.165) is 12.8 Å². The zero-order chi connectivity index (χ0) is 19.6. The van der Waals surface area contributed by atoms with Crippen molar-refractivity contribution in [3.63, 3.8) is 0 Å². The lowest BCUT2D eigenvalue weighted by atomic mass is 10.1. The van der Waals surface area contributed by atoms with Gasteiger partial charge >= 0.3 is 0 Å². The SMILES string of the molecule is CCCCOc1ccc(C(=O)NNC(=O)Cc2cccc(F)c2)cc1OC. The molecular weight excluding hydrogens is 351 g/mol. The summed E-state index contributed by atoms with van der Waals surface area (Å²) in [4.78, 5) is 24.1. The van der Waals surface area contributed by atoms with Crippen LogP contribution < -0.4 is 20.3 Å². The maximum Gasteiger partial charge on any atom is 0.269 e. The molecule has 0 radical (unpaired) electrons. The molecular formula is C20H23FN2O4. The zero-order valence-electron chi connectivity index (χ0n) is 15.4. The molecule has 0 aliphatic rings. The van der Waals surface area contributed by atoms with E-state index in [1.165, 1.54) is 31.4 Å². The van der Waals surface area contributed by atoms with Crippen LogP contribution in [0.3, 0.4) is 0 Å². The van der Waals surface area contributed by atoms with E-state index < -0.39 is 17.6 Å². The first kappa shape index (κ1) is 20.2. The van der Waals surface area contributed by atoms with E-state index in [1.807, 2.05) is 0 Å². The third-order valence-corrected chi connectivity index (χ3v) is 3.75. The van der Waals surface area contributed by atoms with Gasteiger partial charge in [0.25, 0.3) is 5.91 Å². The predicted molar refractivity (Wildman–Crippen MR) is 99.1 cm³/mol. The molecule has 0 atom stereocenters. The van der Waals surface area contributed by atoms with Crippen molar-refractivity contribution >= 4 is 11.8 Å². The number of benzene rings is 2. The summed E-state index contributed by atoms with van der Waals surface area (Å²) in [5, 5.41) is 0. The Balaban J connectivity index is 1.92. The normalized spacial score (nSPS) is 10.2. The molecule has 2 amide bonds. The number of ether oxygens (including phenoxy) is 2. The number of hydrogen-bond donors (Lipinski definition) is 2. The summed E-state index contributed by atoms with van der Waals surface area (Å²) in [5.74, 6) is -0.387. The van der Waals surface area contributed by atoms with Crippen LogP contribution in [0.5, 0.6) is 11.5 Å². The number of amides is 2. The minimum absolute atomic E-state index is 0.0500. The standard InChI is InChI=1S/C20H23FN2O4/c1-3-4-10-27-17-9-8-15(13-18(17)26-2)20(25)23-22-19(24)12-14-6-5-7-16(21)11-14/h5-9,11,13H,3-4,10,12H2,1-2H3,(H,22,24)(H,23,25). The molecule has 6 nitrogen and oxygen atoms in total. The van der Waals surface area contributed by atoms with Gasteiger partial charge in [-0.05, 0) is 42.3 Å². The Hall–Kier alpha value is -3.09. The van der Waals surface area contributed by atoms with Crippen molar-refractivity contribution in [1.29, 1.82) is 0 Å². The van der Waals surface area contributed by atoms with Crippen LogP contribution in [0.25, 0.3) is 0 Å². The highest BCUT2D eigenvalue weighted by Crippen LogP contribution is 2.28. The van der Waals surface area contributed by atoms with E-state index in [-0.39, 0.29) is 6.42 Å². The van der Waals surface area contributed by atoms with Crippen LogP contribution in [0.4, 0.5) is 4.39 Å². The van der Waals surface area contributed by atoms with E-state index in [0.29, 0.717) is 29.2 Å². The van der Waals surface area contributed by atoms with Crippen molar-refractivity contribution in [2.75, 3.05) is 13.7 Å². The Labute approximate surface area is 157 Å². The van der Waals surface area contributed by atoms with E-state index in [4.69, 9.17) is 9.47 Å². The first-order chi connectivity index (χ1) is 13.0. The Morgan fingerprint density at radius 1 is 1.07 bits per heavy atom. The summed E-state index contributed by atoms with van der Waals surface area (Å²) < 4.78 is 24.0. The van der Waals surface area contributed by atoms with Crippen LogP contribution >= 0.6 is 0 Å². The summed E-state index contributed by atoms with van der Waals surface area (Å²) in [6.45, 7) is 2.63. The monoisotopic (exact) mass is 374 g/mol. The lowest BCUT2D eigenvalue weighted by molar-refractivity contribution is -0.121. The third kappa shape index (κ3) is 6.29.